The van der Waals surface area contributed by atoms with Crippen LogP contribution >= 0.6 is 0 Å². The zero-order valence-electron chi connectivity index (χ0n) is 18.5. The van der Waals surface area contributed by atoms with Crippen LogP contribution < -0.4 is 10.1 Å². The Hall–Kier alpha value is -2.57. The van der Waals surface area contributed by atoms with Crippen molar-refractivity contribution in [2.24, 2.45) is 4.99 Å². The van der Waals surface area contributed by atoms with Crippen LogP contribution in [-0.2, 0) is 17.9 Å². The summed E-state index contributed by atoms with van der Waals surface area (Å²) in [6.07, 6.45) is 1.19. The molecule has 0 aromatic heterocycles. The predicted octanol–water partition coefficient (Wildman–Crippen LogP) is 3.14. The molecule has 2 aromatic carbocycles. The maximum absolute atomic E-state index is 5.98. The highest BCUT2D eigenvalue weighted by atomic mass is 16.5. The number of ether oxygens (including phenoxy) is 2. The lowest BCUT2D eigenvalue weighted by atomic mass is 10.2. The van der Waals surface area contributed by atoms with E-state index in [-0.39, 0.29) is 0 Å². The van der Waals surface area contributed by atoms with Crippen LogP contribution in [0.15, 0.2) is 59.6 Å². The molecule has 4 rings (SSSR count). The summed E-state index contributed by atoms with van der Waals surface area (Å²) < 4.78 is 11.5. The number of rotatable bonds is 7. The molecule has 166 valence electrons. The Labute approximate surface area is 185 Å². The fourth-order valence-corrected chi connectivity index (χ4v) is 4.24. The van der Waals surface area contributed by atoms with Crippen LogP contribution in [0.4, 0.5) is 0 Å². The van der Waals surface area contributed by atoms with E-state index in [1.165, 1.54) is 12.0 Å². The van der Waals surface area contributed by atoms with Gasteiger partial charge in [0.05, 0.1) is 19.8 Å². The van der Waals surface area contributed by atoms with Crippen molar-refractivity contribution < 1.29 is 9.47 Å². The molecule has 2 aliphatic heterocycles. The first-order valence-electron chi connectivity index (χ1n) is 11.4. The summed E-state index contributed by atoms with van der Waals surface area (Å²) in [5.41, 5.74) is 2.33. The second-order valence-electron chi connectivity index (χ2n) is 8.13. The van der Waals surface area contributed by atoms with Crippen LogP contribution in [0.25, 0.3) is 0 Å². The Bertz CT molecular complexity index is 836. The van der Waals surface area contributed by atoms with E-state index in [1.54, 1.807) is 0 Å². The van der Waals surface area contributed by atoms with Crippen molar-refractivity contribution in [2.45, 2.75) is 32.5 Å². The molecule has 2 saturated heterocycles. The van der Waals surface area contributed by atoms with Gasteiger partial charge >= 0.3 is 0 Å². The number of hydrogen-bond donors (Lipinski definition) is 1. The predicted molar refractivity (Wildman–Crippen MR) is 124 cm³/mol. The van der Waals surface area contributed by atoms with Crippen molar-refractivity contribution in [2.75, 3.05) is 45.9 Å². The first kappa shape index (κ1) is 21.7. The fourth-order valence-electron chi connectivity index (χ4n) is 4.24. The first-order chi connectivity index (χ1) is 15.3. The van der Waals surface area contributed by atoms with Gasteiger partial charge in [0.2, 0.25) is 0 Å². The van der Waals surface area contributed by atoms with Gasteiger partial charge in [-0.1, -0.05) is 42.5 Å². The molecule has 2 heterocycles. The van der Waals surface area contributed by atoms with Gasteiger partial charge < -0.3 is 19.7 Å². The number of benzene rings is 2. The topological polar surface area (TPSA) is 49.3 Å². The van der Waals surface area contributed by atoms with Crippen molar-refractivity contribution in [3.05, 3.63) is 65.7 Å². The van der Waals surface area contributed by atoms with Gasteiger partial charge in [0.15, 0.2) is 5.96 Å². The summed E-state index contributed by atoms with van der Waals surface area (Å²) in [6.45, 7) is 10.1. The Morgan fingerprint density at radius 3 is 2.68 bits per heavy atom. The molecule has 1 unspecified atom stereocenters. The first-order valence-corrected chi connectivity index (χ1v) is 11.4. The van der Waals surface area contributed by atoms with Crippen LogP contribution in [0.2, 0.25) is 0 Å². The summed E-state index contributed by atoms with van der Waals surface area (Å²) in [5.74, 6) is 1.89. The second-order valence-corrected chi connectivity index (χ2v) is 8.13. The highest BCUT2D eigenvalue weighted by molar-refractivity contribution is 5.80. The summed E-state index contributed by atoms with van der Waals surface area (Å²) >= 11 is 0. The molecule has 0 saturated carbocycles. The molecule has 6 heteroatoms. The lowest BCUT2D eigenvalue weighted by Crippen LogP contribution is -2.46. The molecular formula is C25H34N4O2. The molecule has 0 radical (unpaired) electrons. The van der Waals surface area contributed by atoms with E-state index in [9.17, 15) is 0 Å². The number of nitrogens with zero attached hydrogens (tertiary/aromatic N) is 3. The molecule has 2 aliphatic rings. The standard InChI is InChI=1S/C25H34N4O2/c1-2-26-25(29-12-11-23(19-29)28-13-15-30-16-14-28)27-18-22-9-6-10-24(17-22)31-20-21-7-4-3-5-8-21/h3-10,17,23H,2,11-16,18-20H2,1H3,(H,26,27). The Morgan fingerprint density at radius 1 is 1.06 bits per heavy atom. The summed E-state index contributed by atoms with van der Waals surface area (Å²) in [5, 5.41) is 3.48. The number of hydrogen-bond acceptors (Lipinski definition) is 4. The normalized spacial score (nSPS) is 20.1. The maximum atomic E-state index is 5.98. The van der Waals surface area contributed by atoms with Gasteiger partial charge in [0, 0.05) is 38.8 Å². The minimum atomic E-state index is 0.576. The lowest BCUT2D eigenvalue weighted by Gasteiger charge is -2.32. The van der Waals surface area contributed by atoms with Crippen LogP contribution in [0.1, 0.15) is 24.5 Å². The number of morpholine rings is 1. The minimum Gasteiger partial charge on any atom is -0.489 e. The number of guanidine groups is 1. The maximum Gasteiger partial charge on any atom is 0.194 e. The van der Waals surface area contributed by atoms with Gasteiger partial charge in [-0.3, -0.25) is 4.90 Å². The quantitative estimate of drug-likeness (QED) is 0.549. The highest BCUT2D eigenvalue weighted by Crippen LogP contribution is 2.19. The van der Waals surface area contributed by atoms with Gasteiger partial charge in [-0.2, -0.15) is 0 Å². The van der Waals surface area contributed by atoms with Crippen molar-refractivity contribution in [3.63, 3.8) is 0 Å². The Balaban J connectivity index is 1.35. The summed E-state index contributed by atoms with van der Waals surface area (Å²) in [4.78, 5) is 9.91. The molecule has 0 bridgehead atoms. The molecule has 0 aliphatic carbocycles. The molecule has 0 spiro atoms. The third-order valence-corrected chi connectivity index (χ3v) is 5.92. The van der Waals surface area contributed by atoms with Crippen LogP contribution in [-0.4, -0.2) is 67.7 Å². The average molecular weight is 423 g/mol. The Kier molecular flexibility index (Phi) is 7.80. The van der Waals surface area contributed by atoms with Crippen molar-refractivity contribution in [1.29, 1.82) is 0 Å². The van der Waals surface area contributed by atoms with E-state index >= 15 is 0 Å². The van der Waals surface area contributed by atoms with Crippen LogP contribution in [0.5, 0.6) is 5.75 Å². The number of likely N-dealkylation sites (tertiary alicyclic amines) is 1. The van der Waals surface area contributed by atoms with Crippen molar-refractivity contribution >= 4 is 5.96 Å². The number of nitrogens with one attached hydrogen (secondary N) is 1. The van der Waals surface area contributed by atoms with Crippen LogP contribution in [0, 0.1) is 0 Å². The molecule has 2 fully saturated rings. The van der Waals surface area contributed by atoms with E-state index < -0.39 is 0 Å². The monoisotopic (exact) mass is 422 g/mol. The van der Waals surface area contributed by atoms with Gasteiger partial charge in [0.25, 0.3) is 0 Å². The fraction of sp³-hybridized carbons (Fsp3) is 0.480. The smallest absolute Gasteiger partial charge is 0.194 e. The highest BCUT2D eigenvalue weighted by Gasteiger charge is 2.30. The van der Waals surface area contributed by atoms with Crippen LogP contribution in [0.3, 0.4) is 0 Å². The number of aliphatic imine (C=N–C) groups is 1. The summed E-state index contributed by atoms with van der Waals surface area (Å²) in [6, 6.07) is 19.1. The average Bonchev–Trinajstić information content (AvgIpc) is 3.32. The van der Waals surface area contributed by atoms with E-state index in [1.807, 2.05) is 30.3 Å². The van der Waals surface area contributed by atoms with E-state index in [4.69, 9.17) is 14.5 Å². The third-order valence-electron chi connectivity index (χ3n) is 5.92. The second kappa shape index (κ2) is 11.2. The van der Waals surface area contributed by atoms with Crippen molar-refractivity contribution in [3.8, 4) is 5.75 Å². The zero-order chi connectivity index (χ0) is 21.3. The van der Waals surface area contributed by atoms with E-state index in [0.717, 1.165) is 63.2 Å². The van der Waals surface area contributed by atoms with Gasteiger partial charge in [-0.15, -0.1) is 0 Å². The van der Waals surface area contributed by atoms with Gasteiger partial charge in [-0.25, -0.2) is 4.99 Å². The molecule has 1 N–H and O–H groups in total. The SMILES string of the molecule is CCNC(=NCc1cccc(OCc2ccccc2)c1)N1CCC(N2CCOCC2)C1. The largest absolute Gasteiger partial charge is 0.489 e. The molecule has 2 aromatic rings. The van der Waals surface area contributed by atoms with Crippen molar-refractivity contribution in [1.82, 2.24) is 15.1 Å². The molecule has 1 atom stereocenters. The van der Waals surface area contributed by atoms with Gasteiger partial charge in [-0.05, 0) is 36.6 Å². The molecule has 31 heavy (non-hydrogen) atoms. The van der Waals surface area contributed by atoms with E-state index in [0.29, 0.717) is 19.2 Å². The minimum absolute atomic E-state index is 0.576. The summed E-state index contributed by atoms with van der Waals surface area (Å²) in [7, 11) is 0. The Morgan fingerprint density at radius 2 is 1.87 bits per heavy atom. The third kappa shape index (κ3) is 6.21. The lowest BCUT2D eigenvalue weighted by molar-refractivity contribution is 0.0195. The molecule has 6 nitrogen and oxygen atoms in total. The zero-order valence-corrected chi connectivity index (χ0v) is 18.5. The van der Waals surface area contributed by atoms with Gasteiger partial charge in [0.1, 0.15) is 12.4 Å². The molecule has 0 amide bonds. The molecular weight excluding hydrogens is 388 g/mol. The van der Waals surface area contributed by atoms with E-state index in [2.05, 4.69) is 46.3 Å².